The van der Waals surface area contributed by atoms with Gasteiger partial charge in [0.15, 0.2) is 0 Å². The Morgan fingerprint density at radius 2 is 1.70 bits per heavy atom. The molecule has 0 amide bonds. The van der Waals surface area contributed by atoms with Crippen LogP contribution in [0.3, 0.4) is 0 Å². The molecule has 0 aromatic heterocycles. The van der Waals surface area contributed by atoms with Crippen LogP contribution in [0.15, 0.2) is 64.0 Å². The molecule has 0 aliphatic heterocycles. The maximum absolute atomic E-state index is 13.5. The molecule has 0 spiro atoms. The van der Waals surface area contributed by atoms with Crippen LogP contribution in [0, 0.1) is 23.7 Å². The molecule has 1 aromatic rings. The van der Waals surface area contributed by atoms with E-state index in [4.69, 9.17) is 14.2 Å². The van der Waals surface area contributed by atoms with E-state index in [1.165, 1.54) is 7.11 Å². The predicted octanol–water partition coefficient (Wildman–Crippen LogP) is 7.19. The summed E-state index contributed by atoms with van der Waals surface area (Å²) in [5.41, 5.74) is -5.89. The van der Waals surface area contributed by atoms with Gasteiger partial charge >= 0.3 is 268 Å². The van der Waals surface area contributed by atoms with Crippen LogP contribution >= 0.6 is 0 Å². The maximum atomic E-state index is 13.5. The number of carbonyl (C=O) groups excluding carboxylic acids is 2. The Morgan fingerprint density at radius 1 is 1.09 bits per heavy atom. The summed E-state index contributed by atoms with van der Waals surface area (Å²) in [5.74, 6) is -4.71. The molecule has 1 aromatic carbocycles. The molecule has 0 radical (unpaired) electrons. The average molecular weight is 796 g/mol. The van der Waals surface area contributed by atoms with E-state index in [2.05, 4.69) is 27.8 Å². The molecule has 1 aliphatic carbocycles. The third-order valence-electron chi connectivity index (χ3n) is 8.09. The summed E-state index contributed by atoms with van der Waals surface area (Å²) in [6.07, 6.45) is 4.60. The first kappa shape index (κ1) is 40.8. The zero-order valence-corrected chi connectivity index (χ0v) is 32.1. The van der Waals surface area contributed by atoms with E-state index in [-0.39, 0.29) is 25.0 Å². The first-order chi connectivity index (χ1) is 21.7. The van der Waals surface area contributed by atoms with Crippen molar-refractivity contribution in [1.29, 1.82) is 0 Å². The van der Waals surface area contributed by atoms with Crippen LogP contribution in [0.25, 0.3) is 0 Å². The van der Waals surface area contributed by atoms with Crippen LogP contribution in [0.1, 0.15) is 50.9 Å². The van der Waals surface area contributed by atoms with Crippen molar-refractivity contribution in [3.63, 3.8) is 0 Å². The van der Waals surface area contributed by atoms with Gasteiger partial charge in [0.25, 0.3) is 0 Å². The predicted molar refractivity (Wildman–Crippen MR) is 174 cm³/mol. The van der Waals surface area contributed by atoms with Crippen molar-refractivity contribution in [2.45, 2.75) is 72.6 Å². The van der Waals surface area contributed by atoms with E-state index in [9.17, 15) is 31.2 Å². The summed E-state index contributed by atoms with van der Waals surface area (Å²) in [5, 5.41) is 0. The molecule has 9 nitrogen and oxygen atoms in total. The molecular weight excluding hydrogens is 748 g/mol. The van der Waals surface area contributed by atoms with Gasteiger partial charge in [-0.3, -0.25) is 0 Å². The molecule has 47 heavy (non-hydrogen) atoms. The third-order valence-corrected chi connectivity index (χ3v) is 12.4. The third kappa shape index (κ3) is 11.6. The van der Waals surface area contributed by atoms with Gasteiger partial charge in [0, 0.05) is 0 Å². The molecule has 264 valence electrons. The molecular formula is C33H47F3O9SSn. The van der Waals surface area contributed by atoms with Gasteiger partial charge in [-0.1, -0.05) is 0 Å². The molecule has 5 atom stereocenters. The zero-order valence-electron chi connectivity index (χ0n) is 28.4. The monoisotopic (exact) mass is 796 g/mol. The molecule has 0 bridgehead atoms. The molecule has 0 unspecified atom stereocenters. The van der Waals surface area contributed by atoms with E-state index in [1.54, 1.807) is 37.3 Å². The zero-order chi connectivity index (χ0) is 35.8. The topological polar surface area (TPSA) is 114 Å². The van der Waals surface area contributed by atoms with Gasteiger partial charge in [-0.25, -0.2) is 0 Å². The molecule has 0 heterocycles. The quantitative estimate of drug-likeness (QED) is 0.0266. The molecule has 1 aliphatic rings. The first-order valence-corrected chi connectivity index (χ1v) is 26.8. The summed E-state index contributed by atoms with van der Waals surface area (Å²) in [6, 6.07) is 8.39. The van der Waals surface area contributed by atoms with Crippen molar-refractivity contribution >= 4 is 40.4 Å². The SMILES string of the molecule is COCO[C@@](C)(/C=[CH]\[Sn]([CH3])([CH3])[CH3])[C@@H](C[C@H]1C(C)=CC[C@H](C(C)C)[C@H]1/C=C(\OS(=O)(=O)C(F)(F)F)C(=O)OC)OC(=O)c1ccccc1. The van der Waals surface area contributed by atoms with Gasteiger partial charge in [-0.15, -0.1) is 0 Å². The van der Waals surface area contributed by atoms with Gasteiger partial charge in [-0.2, -0.15) is 13.2 Å². The Morgan fingerprint density at radius 3 is 2.21 bits per heavy atom. The molecule has 14 heteroatoms. The summed E-state index contributed by atoms with van der Waals surface area (Å²) < 4.78 is 92.8. The number of hydrogen-bond acceptors (Lipinski definition) is 9. The second kappa shape index (κ2) is 16.8. The van der Waals surface area contributed by atoms with E-state index < -0.39 is 75.2 Å². The number of hydrogen-bond donors (Lipinski definition) is 0. The number of halogens is 3. The van der Waals surface area contributed by atoms with Crippen LogP contribution in [0.4, 0.5) is 13.2 Å². The van der Waals surface area contributed by atoms with Gasteiger partial charge in [0.1, 0.15) is 0 Å². The molecule has 0 N–H and O–H groups in total. The number of allylic oxidation sites excluding steroid dienone is 3. The number of carbonyl (C=O) groups is 2. The number of rotatable bonds is 15. The summed E-state index contributed by atoms with van der Waals surface area (Å²) >= 11 is -2.60. The second-order valence-electron chi connectivity index (χ2n) is 13.2. The van der Waals surface area contributed by atoms with Crippen molar-refractivity contribution in [2.75, 3.05) is 21.0 Å². The number of methoxy groups -OCH3 is 2. The van der Waals surface area contributed by atoms with Gasteiger partial charge in [-0.05, 0) is 0 Å². The van der Waals surface area contributed by atoms with Crippen molar-refractivity contribution < 1.29 is 54.3 Å². The van der Waals surface area contributed by atoms with Crippen molar-refractivity contribution in [3.05, 3.63) is 69.5 Å². The van der Waals surface area contributed by atoms with E-state index >= 15 is 0 Å². The molecule has 0 saturated heterocycles. The average Bonchev–Trinajstić information content (AvgIpc) is 2.98. The number of benzene rings is 1. The summed E-state index contributed by atoms with van der Waals surface area (Å²) in [4.78, 5) is 32.8. The molecule has 2 rings (SSSR count). The van der Waals surface area contributed by atoms with E-state index in [0.29, 0.717) is 12.0 Å². The summed E-state index contributed by atoms with van der Waals surface area (Å²) in [7, 11) is -3.81. The van der Waals surface area contributed by atoms with Crippen LogP contribution in [-0.4, -0.2) is 77.0 Å². The van der Waals surface area contributed by atoms with Crippen molar-refractivity contribution in [3.8, 4) is 0 Å². The van der Waals surface area contributed by atoms with Gasteiger partial charge in [0.05, 0.1) is 0 Å². The van der Waals surface area contributed by atoms with Crippen LogP contribution in [-0.2, 0) is 38.0 Å². The van der Waals surface area contributed by atoms with Crippen LogP contribution in [0.2, 0.25) is 14.8 Å². The standard InChI is InChI=1S/C30H38F3O9S.3CH3.Sn/c1-8-29(5,40-18-38-6)26(41-27(34)21-12-10-9-11-13-21)17-23-20(4)14-15-22(19(2)3)24(23)16-25(28(35)39-7)42-43(36,37)30(31,32)33;;;;/h1,8-14,16,19,22-24,26H,15,17-18H2,2-7H3;3*1H3;/b8-1?,25-16-;;;;/t22-,23+,24-,26-,29+;;;;/m1..../s1. The van der Waals surface area contributed by atoms with E-state index in [0.717, 1.165) is 18.8 Å². The van der Waals surface area contributed by atoms with Gasteiger partial charge in [0.2, 0.25) is 0 Å². The fourth-order valence-corrected chi connectivity index (χ4v) is 8.18. The Balaban J connectivity index is 2.78. The number of alkyl halides is 3. The first-order valence-electron chi connectivity index (χ1n) is 15.2. The minimum atomic E-state index is -6.19. The van der Waals surface area contributed by atoms with Crippen molar-refractivity contribution in [2.24, 2.45) is 23.7 Å². The summed E-state index contributed by atoms with van der Waals surface area (Å²) in [6.45, 7) is 7.31. The van der Waals surface area contributed by atoms with Crippen LogP contribution < -0.4 is 0 Å². The fraction of sp³-hybridized carbons (Fsp3) is 0.576. The van der Waals surface area contributed by atoms with Crippen LogP contribution in [0.5, 0.6) is 0 Å². The molecule has 0 saturated carbocycles. The Hall–Kier alpha value is -2.36. The van der Waals surface area contributed by atoms with Gasteiger partial charge < -0.3 is 0 Å². The molecule has 0 fully saturated rings. The Kier molecular flexibility index (Phi) is 14.6. The number of esters is 2. The Labute approximate surface area is 280 Å². The van der Waals surface area contributed by atoms with E-state index in [1.807, 2.05) is 32.9 Å². The van der Waals surface area contributed by atoms with Crippen molar-refractivity contribution in [1.82, 2.24) is 0 Å². The second-order valence-corrected chi connectivity index (χ2v) is 29.2. The normalized spacial score (nSPS) is 21.6. The fourth-order valence-electron chi connectivity index (χ4n) is 5.35. The minimum absolute atomic E-state index is 0.0578. The number of ether oxygens (including phenoxy) is 4. The Bertz CT molecular complexity index is 1420.